The number of hydrogen-bond donors (Lipinski definition) is 1. The number of nitrogens with zero attached hydrogens (tertiary/aromatic N) is 4. The zero-order chi connectivity index (χ0) is 23.6. The molecule has 168 valence electrons. The molecule has 0 spiro atoms. The minimum Gasteiger partial charge on any atom is -0.493 e. The molecule has 11 heteroatoms. The van der Waals surface area contributed by atoms with Gasteiger partial charge in [-0.1, -0.05) is 17.7 Å². The monoisotopic (exact) mass is 467 g/mol. The van der Waals surface area contributed by atoms with E-state index in [1.165, 1.54) is 36.6 Å². The Labute approximate surface area is 194 Å². The van der Waals surface area contributed by atoms with Crippen molar-refractivity contribution in [2.45, 2.75) is 0 Å². The van der Waals surface area contributed by atoms with Crippen molar-refractivity contribution in [1.82, 2.24) is 14.8 Å². The van der Waals surface area contributed by atoms with Crippen LogP contribution in [0.2, 0.25) is 5.02 Å². The number of methoxy groups -OCH3 is 1. The van der Waals surface area contributed by atoms with Gasteiger partial charge in [0, 0.05) is 11.1 Å². The van der Waals surface area contributed by atoms with Crippen molar-refractivity contribution >= 4 is 35.2 Å². The van der Waals surface area contributed by atoms with E-state index in [1.54, 1.807) is 36.4 Å². The predicted molar refractivity (Wildman–Crippen MR) is 119 cm³/mol. The first-order valence-corrected chi connectivity index (χ1v) is 9.85. The van der Waals surface area contributed by atoms with E-state index in [4.69, 9.17) is 31.1 Å². The van der Waals surface area contributed by atoms with E-state index in [1.807, 2.05) is 6.07 Å². The van der Waals surface area contributed by atoms with Crippen LogP contribution in [-0.4, -0.2) is 47.0 Å². The predicted octanol–water partition coefficient (Wildman–Crippen LogP) is 3.03. The Morgan fingerprint density at radius 1 is 1.24 bits per heavy atom. The molecule has 0 unspecified atom stereocenters. The topological polar surface area (TPSA) is 128 Å². The molecule has 10 nitrogen and oxygen atoms in total. The number of carbonyl (C=O) groups excluding carboxylic acids is 2. The maximum Gasteiger partial charge on any atom is 0.331 e. The number of hydrogen-bond acceptors (Lipinski definition) is 8. The largest absolute Gasteiger partial charge is 0.493 e. The van der Waals surface area contributed by atoms with Crippen LogP contribution < -0.4 is 14.8 Å². The maximum absolute atomic E-state index is 12.3. The molecule has 1 amide bonds. The fourth-order valence-corrected chi connectivity index (χ4v) is 2.87. The van der Waals surface area contributed by atoms with Crippen molar-refractivity contribution in [2.24, 2.45) is 0 Å². The number of anilines is 1. The molecule has 1 heterocycles. The highest BCUT2D eigenvalue weighted by Crippen LogP contribution is 2.28. The quantitative estimate of drug-likeness (QED) is 0.375. The SMILES string of the molecule is COc1cc(/C=C/C(=O)OCC(=O)Nc2cc(Cl)ccc2-n2cncn2)ccc1OCC#N. The highest BCUT2D eigenvalue weighted by atomic mass is 35.5. The van der Waals surface area contributed by atoms with Gasteiger partial charge in [-0.15, -0.1) is 0 Å². The summed E-state index contributed by atoms with van der Waals surface area (Å²) in [5.74, 6) is -0.454. The van der Waals surface area contributed by atoms with Gasteiger partial charge >= 0.3 is 5.97 Å². The summed E-state index contributed by atoms with van der Waals surface area (Å²) in [4.78, 5) is 28.2. The van der Waals surface area contributed by atoms with E-state index in [0.29, 0.717) is 33.5 Å². The lowest BCUT2D eigenvalue weighted by Crippen LogP contribution is -2.21. The zero-order valence-corrected chi connectivity index (χ0v) is 18.2. The Hall–Kier alpha value is -4.36. The molecule has 0 saturated heterocycles. The summed E-state index contributed by atoms with van der Waals surface area (Å²) in [7, 11) is 1.46. The minimum absolute atomic E-state index is 0.116. The molecule has 1 aromatic heterocycles. The normalized spacial score (nSPS) is 10.5. The number of carbonyl (C=O) groups is 2. The van der Waals surface area contributed by atoms with E-state index in [0.717, 1.165) is 0 Å². The molecule has 0 radical (unpaired) electrons. The van der Waals surface area contributed by atoms with Crippen molar-refractivity contribution < 1.29 is 23.8 Å². The Kier molecular flexibility index (Phi) is 7.99. The highest BCUT2D eigenvalue weighted by molar-refractivity contribution is 6.31. The zero-order valence-electron chi connectivity index (χ0n) is 17.4. The average Bonchev–Trinajstić information content (AvgIpc) is 3.35. The van der Waals surface area contributed by atoms with Crippen LogP contribution in [0.1, 0.15) is 5.56 Å². The third kappa shape index (κ3) is 6.56. The molecule has 0 fully saturated rings. The summed E-state index contributed by atoms with van der Waals surface area (Å²) in [5.41, 5.74) is 1.57. The van der Waals surface area contributed by atoms with Crippen molar-refractivity contribution in [3.05, 3.63) is 65.7 Å². The molecule has 1 N–H and O–H groups in total. The Bertz CT molecular complexity index is 1200. The van der Waals surface area contributed by atoms with E-state index >= 15 is 0 Å². The molecule has 0 aliphatic heterocycles. The number of amides is 1. The standard InChI is InChI=1S/C22H18ClN5O5/c1-31-20-10-15(2-6-19(20)32-9-8-24)3-7-22(30)33-12-21(29)27-17-11-16(23)4-5-18(17)28-14-25-13-26-28/h2-7,10-11,13-14H,9,12H2,1H3,(H,27,29)/b7-3+. The van der Waals surface area contributed by atoms with Crippen LogP contribution in [0, 0.1) is 11.3 Å². The van der Waals surface area contributed by atoms with Crippen molar-refractivity contribution in [3.8, 4) is 23.3 Å². The van der Waals surface area contributed by atoms with Crippen LogP contribution in [0.25, 0.3) is 11.8 Å². The van der Waals surface area contributed by atoms with Crippen LogP contribution in [0.3, 0.4) is 0 Å². The first-order chi connectivity index (χ1) is 16.0. The first-order valence-electron chi connectivity index (χ1n) is 9.47. The van der Waals surface area contributed by atoms with Crippen LogP contribution >= 0.6 is 11.6 Å². The highest BCUT2D eigenvalue weighted by Gasteiger charge is 2.12. The van der Waals surface area contributed by atoms with Gasteiger partial charge in [0.05, 0.1) is 18.5 Å². The summed E-state index contributed by atoms with van der Waals surface area (Å²) in [6.45, 7) is -0.619. The van der Waals surface area contributed by atoms with Crippen LogP contribution in [0.5, 0.6) is 11.5 Å². The number of esters is 1. The Morgan fingerprint density at radius 2 is 2.09 bits per heavy atom. The summed E-state index contributed by atoms with van der Waals surface area (Å²) < 4.78 is 16.9. The molecule has 3 rings (SSSR count). The van der Waals surface area contributed by atoms with Crippen LogP contribution in [0.15, 0.2) is 55.1 Å². The number of benzene rings is 2. The van der Waals surface area contributed by atoms with E-state index in [9.17, 15) is 9.59 Å². The molecule has 33 heavy (non-hydrogen) atoms. The number of nitrogens with one attached hydrogen (secondary N) is 1. The Morgan fingerprint density at radius 3 is 2.82 bits per heavy atom. The number of ether oxygens (including phenoxy) is 3. The molecule has 3 aromatic rings. The Balaban J connectivity index is 1.57. The molecular formula is C22H18ClN5O5. The number of rotatable bonds is 9. The lowest BCUT2D eigenvalue weighted by Gasteiger charge is -2.11. The van der Waals surface area contributed by atoms with Gasteiger partial charge in [0.2, 0.25) is 0 Å². The number of aromatic nitrogens is 3. The lowest BCUT2D eigenvalue weighted by atomic mass is 10.2. The van der Waals surface area contributed by atoms with E-state index < -0.39 is 18.5 Å². The van der Waals surface area contributed by atoms with Crippen molar-refractivity contribution in [3.63, 3.8) is 0 Å². The maximum atomic E-state index is 12.3. The fraction of sp³-hybridized carbons (Fsp3) is 0.136. The lowest BCUT2D eigenvalue weighted by molar-refractivity contribution is -0.142. The van der Waals surface area contributed by atoms with Gasteiger partial charge in [-0.25, -0.2) is 14.5 Å². The molecule has 2 aromatic carbocycles. The van der Waals surface area contributed by atoms with Crippen LogP contribution in [-0.2, 0) is 14.3 Å². The minimum atomic E-state index is -0.712. The molecule has 0 atom stereocenters. The molecule has 0 saturated carbocycles. The summed E-state index contributed by atoms with van der Waals surface area (Å²) in [6, 6.07) is 11.7. The number of nitriles is 1. The fourth-order valence-electron chi connectivity index (χ4n) is 2.69. The average molecular weight is 468 g/mol. The first kappa shape index (κ1) is 23.3. The summed E-state index contributed by atoms with van der Waals surface area (Å²) in [5, 5.41) is 15.7. The van der Waals surface area contributed by atoms with Gasteiger partial charge in [0.15, 0.2) is 24.7 Å². The van der Waals surface area contributed by atoms with Gasteiger partial charge in [-0.2, -0.15) is 10.4 Å². The van der Waals surface area contributed by atoms with Gasteiger partial charge in [-0.05, 0) is 42.0 Å². The molecule has 0 aliphatic carbocycles. The van der Waals surface area contributed by atoms with E-state index in [2.05, 4.69) is 15.4 Å². The van der Waals surface area contributed by atoms with E-state index in [-0.39, 0.29) is 6.61 Å². The smallest absolute Gasteiger partial charge is 0.331 e. The third-order valence-corrected chi connectivity index (χ3v) is 4.37. The third-order valence-electron chi connectivity index (χ3n) is 4.14. The second-order valence-corrected chi connectivity index (χ2v) is 6.78. The van der Waals surface area contributed by atoms with Gasteiger partial charge < -0.3 is 19.5 Å². The molecule has 0 bridgehead atoms. The van der Waals surface area contributed by atoms with Gasteiger partial charge in [0.1, 0.15) is 18.7 Å². The molecule has 0 aliphatic rings. The second-order valence-electron chi connectivity index (χ2n) is 6.35. The number of halogens is 1. The second kappa shape index (κ2) is 11.3. The molecular weight excluding hydrogens is 450 g/mol. The summed E-state index contributed by atoms with van der Waals surface area (Å²) in [6.07, 6.45) is 5.51. The van der Waals surface area contributed by atoms with Crippen molar-refractivity contribution in [2.75, 3.05) is 25.6 Å². The van der Waals surface area contributed by atoms with Gasteiger partial charge in [0.25, 0.3) is 5.91 Å². The van der Waals surface area contributed by atoms with Gasteiger partial charge in [-0.3, -0.25) is 4.79 Å². The summed E-state index contributed by atoms with van der Waals surface area (Å²) >= 11 is 6.02. The van der Waals surface area contributed by atoms with Crippen molar-refractivity contribution in [1.29, 1.82) is 5.26 Å². The van der Waals surface area contributed by atoms with Crippen LogP contribution in [0.4, 0.5) is 5.69 Å².